The largest absolute Gasteiger partial charge is 0.396 e. The van der Waals surface area contributed by atoms with E-state index in [1.54, 1.807) is 0 Å². The number of aliphatic hydroxyl groups excluding tert-OH is 2. The van der Waals surface area contributed by atoms with Crippen molar-refractivity contribution in [1.82, 2.24) is 10.2 Å². The Morgan fingerprint density at radius 1 is 1.08 bits per heavy atom. The fourth-order valence-corrected chi connectivity index (χ4v) is 11.5. The van der Waals surface area contributed by atoms with Gasteiger partial charge in [0.05, 0.1) is 12.7 Å². The van der Waals surface area contributed by atoms with Gasteiger partial charge in [-0.2, -0.15) is 0 Å². The van der Waals surface area contributed by atoms with Gasteiger partial charge in [0.2, 0.25) is 0 Å². The van der Waals surface area contributed by atoms with Gasteiger partial charge in [-0.25, -0.2) is 0 Å². The number of carbonyl (C=O) groups excluding carboxylic acids is 2. The van der Waals surface area contributed by atoms with E-state index in [2.05, 4.69) is 52.0 Å². The van der Waals surface area contributed by atoms with Crippen LogP contribution >= 0.6 is 0 Å². The average molecular weight is 537 g/mol. The zero-order chi connectivity index (χ0) is 28.2. The van der Waals surface area contributed by atoms with Crippen LogP contribution < -0.4 is 5.32 Å². The van der Waals surface area contributed by atoms with E-state index in [0.717, 1.165) is 38.5 Å². The summed E-state index contributed by atoms with van der Waals surface area (Å²) in [5.74, 6) is 0.848. The maximum Gasteiger partial charge on any atom is 0.251 e. The molecular weight excluding hydrogens is 488 g/mol. The standard InChI is InChI=1S/C33H48N2O4/c1-20(35(5)6)27-22(37)16-30(3)24-13-12-23-29(2,19-36)25(34-28(39)21-10-8-7-9-11-21)14-15-32(23)18-33(24,32)26(38)17-31(27,30)4/h7-11,20,22-25,27,36-37H,12-19H2,1-6H3,(H,34,39)/t20?,22-,23?,24?,25+,27+,29+,30+,31-,32?,33+/m1/s1. The van der Waals surface area contributed by atoms with Crippen molar-refractivity contribution in [2.24, 2.45) is 44.8 Å². The normalized spacial score (nSPS) is 48.9. The van der Waals surface area contributed by atoms with Crippen molar-refractivity contribution in [2.75, 3.05) is 20.7 Å². The first-order chi connectivity index (χ1) is 18.3. The summed E-state index contributed by atoms with van der Waals surface area (Å²) < 4.78 is 0. The second kappa shape index (κ2) is 8.62. The topological polar surface area (TPSA) is 89.9 Å². The van der Waals surface area contributed by atoms with Gasteiger partial charge in [0.25, 0.3) is 5.91 Å². The summed E-state index contributed by atoms with van der Waals surface area (Å²) in [6, 6.07) is 9.38. The lowest BCUT2D eigenvalue weighted by Gasteiger charge is -2.63. The predicted molar refractivity (Wildman–Crippen MR) is 151 cm³/mol. The van der Waals surface area contributed by atoms with E-state index in [4.69, 9.17) is 0 Å². The highest BCUT2D eigenvalue weighted by atomic mass is 16.3. The first kappa shape index (κ1) is 27.4. The van der Waals surface area contributed by atoms with Crippen LogP contribution in [0.5, 0.6) is 0 Å². The molecule has 0 aromatic heterocycles. The molecule has 0 radical (unpaired) electrons. The minimum atomic E-state index is -0.476. The molecule has 0 saturated heterocycles. The molecular formula is C33H48N2O4. The molecule has 6 rings (SSSR count). The van der Waals surface area contributed by atoms with E-state index in [1.807, 2.05) is 30.3 Å². The van der Waals surface area contributed by atoms with Crippen LogP contribution in [0, 0.1) is 44.8 Å². The number of hydrogen-bond acceptors (Lipinski definition) is 5. The summed E-state index contributed by atoms with van der Waals surface area (Å²) in [7, 11) is 4.16. The number of nitrogens with one attached hydrogen (secondary N) is 1. The lowest BCUT2D eigenvalue weighted by atomic mass is 9.41. The Morgan fingerprint density at radius 3 is 2.38 bits per heavy atom. The van der Waals surface area contributed by atoms with E-state index >= 15 is 0 Å². The number of amides is 1. The summed E-state index contributed by atoms with van der Waals surface area (Å²) >= 11 is 0. The Labute approximate surface area is 233 Å². The molecule has 5 aliphatic carbocycles. The molecule has 6 nitrogen and oxygen atoms in total. The van der Waals surface area contributed by atoms with Gasteiger partial charge in [-0.3, -0.25) is 9.59 Å². The number of fused-ring (bicyclic) bond motifs is 2. The van der Waals surface area contributed by atoms with Gasteiger partial charge in [-0.1, -0.05) is 39.0 Å². The Bertz CT molecular complexity index is 1170. The molecule has 4 unspecified atom stereocenters. The lowest BCUT2D eigenvalue weighted by Crippen LogP contribution is -2.64. The zero-order valence-corrected chi connectivity index (χ0v) is 24.7. The zero-order valence-electron chi connectivity index (χ0n) is 24.7. The molecule has 5 fully saturated rings. The van der Waals surface area contributed by atoms with Gasteiger partial charge in [0.15, 0.2) is 0 Å². The van der Waals surface area contributed by atoms with Crippen LogP contribution in [0.1, 0.15) is 83.0 Å². The van der Waals surface area contributed by atoms with Crippen molar-refractivity contribution in [3.8, 4) is 0 Å². The molecule has 1 aromatic rings. The van der Waals surface area contributed by atoms with E-state index in [1.165, 1.54) is 0 Å². The highest BCUT2D eigenvalue weighted by Gasteiger charge is 2.86. The fraction of sp³-hybridized carbons (Fsp3) is 0.758. The number of carbonyl (C=O) groups is 2. The molecule has 0 bridgehead atoms. The number of benzene rings is 1. The molecule has 3 N–H and O–H groups in total. The average Bonchev–Trinajstić information content (AvgIpc) is 3.54. The third-order valence-corrected chi connectivity index (χ3v) is 13.7. The van der Waals surface area contributed by atoms with Gasteiger partial charge < -0.3 is 20.4 Å². The van der Waals surface area contributed by atoms with Gasteiger partial charge in [0, 0.05) is 40.8 Å². The smallest absolute Gasteiger partial charge is 0.251 e. The first-order valence-electron chi connectivity index (χ1n) is 15.2. The predicted octanol–water partition coefficient (Wildman–Crippen LogP) is 4.30. The molecule has 5 aliphatic rings. The van der Waals surface area contributed by atoms with Crippen LogP contribution in [-0.4, -0.2) is 65.7 Å². The van der Waals surface area contributed by atoms with E-state index in [-0.39, 0.29) is 64.0 Å². The first-order valence-corrected chi connectivity index (χ1v) is 15.2. The van der Waals surface area contributed by atoms with Crippen molar-refractivity contribution in [3.05, 3.63) is 35.9 Å². The van der Waals surface area contributed by atoms with Gasteiger partial charge in [-0.05, 0) is 99.8 Å². The van der Waals surface area contributed by atoms with Crippen LogP contribution in [0.2, 0.25) is 0 Å². The van der Waals surface area contributed by atoms with E-state index in [9.17, 15) is 19.8 Å². The van der Waals surface area contributed by atoms with Crippen LogP contribution in [0.4, 0.5) is 0 Å². The molecule has 0 heterocycles. The number of rotatable bonds is 5. The third-order valence-electron chi connectivity index (χ3n) is 13.7. The second-order valence-electron chi connectivity index (χ2n) is 15.0. The molecule has 0 aliphatic heterocycles. The highest BCUT2D eigenvalue weighted by molar-refractivity contribution is 5.94. The van der Waals surface area contributed by atoms with Gasteiger partial charge >= 0.3 is 0 Å². The molecule has 1 amide bonds. The van der Waals surface area contributed by atoms with Crippen molar-refractivity contribution in [2.45, 2.75) is 90.8 Å². The SMILES string of the molecule is CC([C@H]1[C@H](O)C[C@@]2(C)C3CCC4C5(CC[C@H](NC(=O)c6ccccc6)[C@@]4(C)CO)C[C@@]35C(=O)C[C@]12C)N(C)C. The minimum Gasteiger partial charge on any atom is -0.396 e. The maximum atomic E-state index is 14.5. The van der Waals surface area contributed by atoms with Crippen LogP contribution in [0.25, 0.3) is 0 Å². The third kappa shape index (κ3) is 3.26. The summed E-state index contributed by atoms with van der Waals surface area (Å²) in [5.41, 5.74) is -0.612. The lowest BCUT2D eigenvalue weighted by molar-refractivity contribution is -0.172. The summed E-state index contributed by atoms with van der Waals surface area (Å²) in [6.07, 6.45) is 5.43. The molecule has 214 valence electrons. The molecule has 11 atom stereocenters. The van der Waals surface area contributed by atoms with Gasteiger partial charge in [0.1, 0.15) is 5.78 Å². The second-order valence-corrected chi connectivity index (χ2v) is 15.0. The Kier molecular flexibility index (Phi) is 6.06. The number of ketones is 1. The minimum absolute atomic E-state index is 0.00418. The molecule has 6 heteroatoms. The number of nitrogens with zero attached hydrogens (tertiary/aromatic N) is 1. The number of aliphatic hydroxyl groups is 2. The Morgan fingerprint density at radius 2 is 1.74 bits per heavy atom. The molecule has 39 heavy (non-hydrogen) atoms. The van der Waals surface area contributed by atoms with Crippen LogP contribution in [0.15, 0.2) is 30.3 Å². The molecule has 1 aromatic carbocycles. The Hall–Kier alpha value is -1.76. The summed E-state index contributed by atoms with van der Waals surface area (Å²) in [6.45, 7) is 9.04. The monoisotopic (exact) mass is 536 g/mol. The van der Waals surface area contributed by atoms with E-state index in [0.29, 0.717) is 17.8 Å². The van der Waals surface area contributed by atoms with Crippen LogP contribution in [-0.2, 0) is 4.79 Å². The maximum absolute atomic E-state index is 14.5. The van der Waals surface area contributed by atoms with Crippen molar-refractivity contribution >= 4 is 11.7 Å². The summed E-state index contributed by atoms with van der Waals surface area (Å²) in [4.78, 5) is 29.8. The van der Waals surface area contributed by atoms with E-state index < -0.39 is 11.5 Å². The fourth-order valence-electron chi connectivity index (χ4n) is 11.5. The van der Waals surface area contributed by atoms with Crippen molar-refractivity contribution in [1.29, 1.82) is 0 Å². The molecule has 5 saturated carbocycles. The summed E-state index contributed by atoms with van der Waals surface area (Å²) in [5, 5.41) is 25.7. The van der Waals surface area contributed by atoms with Crippen molar-refractivity contribution < 1.29 is 19.8 Å². The van der Waals surface area contributed by atoms with Crippen molar-refractivity contribution in [3.63, 3.8) is 0 Å². The number of Topliss-reactive ketones (excluding diaryl/α,β-unsaturated/α-hetero) is 1. The quantitative estimate of drug-likeness (QED) is 0.522. The number of hydrogen-bond donors (Lipinski definition) is 3. The Balaban J connectivity index is 1.33. The molecule has 2 spiro atoms. The van der Waals surface area contributed by atoms with Crippen LogP contribution in [0.3, 0.4) is 0 Å². The van der Waals surface area contributed by atoms with Gasteiger partial charge in [-0.15, -0.1) is 0 Å². The highest BCUT2D eigenvalue weighted by Crippen LogP contribution is 2.87.